The molecule has 2 aromatic rings. The zero-order chi connectivity index (χ0) is 28.3. The van der Waals surface area contributed by atoms with Crippen molar-refractivity contribution < 1.29 is 19.4 Å². The Hall–Kier alpha value is -2.71. The minimum atomic E-state index is -0.971. The van der Waals surface area contributed by atoms with E-state index in [2.05, 4.69) is 37.2 Å². The van der Waals surface area contributed by atoms with Crippen LogP contribution in [0.2, 0.25) is 0 Å². The number of rotatable bonds is 8. The molecule has 2 heterocycles. The Balaban J connectivity index is 1.56. The van der Waals surface area contributed by atoms with Crippen LogP contribution in [0.15, 0.2) is 36.5 Å². The van der Waals surface area contributed by atoms with Crippen molar-refractivity contribution in [2.24, 2.45) is 5.92 Å². The lowest BCUT2D eigenvalue weighted by Crippen LogP contribution is -2.47. The largest absolute Gasteiger partial charge is 0.477 e. The first kappa shape index (κ1) is 29.3. The van der Waals surface area contributed by atoms with Crippen molar-refractivity contribution in [3.8, 4) is 5.88 Å². The smallest absolute Gasteiger partial charge is 0.348 e. The summed E-state index contributed by atoms with van der Waals surface area (Å²) in [5.74, 6) is -0.381. The molecular formula is C31H43N3O4S. The maximum absolute atomic E-state index is 14.1. The molecule has 2 aliphatic rings. The van der Waals surface area contributed by atoms with E-state index in [1.807, 2.05) is 37.2 Å². The Labute approximate surface area is 236 Å². The van der Waals surface area contributed by atoms with Crippen molar-refractivity contribution in [3.05, 3.63) is 51.9 Å². The van der Waals surface area contributed by atoms with Crippen molar-refractivity contribution in [2.75, 3.05) is 19.0 Å². The third kappa shape index (κ3) is 7.28. The maximum atomic E-state index is 14.1. The van der Waals surface area contributed by atoms with E-state index in [1.165, 1.54) is 16.9 Å². The first-order valence-electron chi connectivity index (χ1n) is 14.1. The highest BCUT2D eigenvalue weighted by Crippen LogP contribution is 2.42. The molecule has 0 aromatic carbocycles. The molecule has 0 atom stereocenters. The summed E-state index contributed by atoms with van der Waals surface area (Å²) in [5, 5.41) is 10.1. The van der Waals surface area contributed by atoms with Crippen molar-refractivity contribution in [1.29, 1.82) is 0 Å². The van der Waals surface area contributed by atoms with E-state index in [-0.39, 0.29) is 34.3 Å². The zero-order valence-electron chi connectivity index (χ0n) is 24.0. The number of aromatic nitrogens is 1. The van der Waals surface area contributed by atoms with Gasteiger partial charge in [0, 0.05) is 35.6 Å². The minimum absolute atomic E-state index is 0.0184. The first-order valence-corrected chi connectivity index (χ1v) is 14.9. The van der Waals surface area contributed by atoms with Crippen molar-refractivity contribution >= 4 is 28.9 Å². The van der Waals surface area contributed by atoms with Gasteiger partial charge in [-0.3, -0.25) is 4.79 Å². The van der Waals surface area contributed by atoms with E-state index in [1.54, 1.807) is 6.20 Å². The van der Waals surface area contributed by atoms with E-state index < -0.39 is 5.97 Å². The number of carbonyl (C=O) groups excluding carboxylic acids is 1. The molecule has 212 valence electrons. The fraction of sp³-hybridized carbons (Fsp3) is 0.581. The number of nitrogens with zero attached hydrogens (tertiary/aromatic N) is 3. The van der Waals surface area contributed by atoms with Crippen LogP contribution in [0.3, 0.4) is 0 Å². The molecule has 0 bridgehead atoms. The molecule has 0 aliphatic heterocycles. The Morgan fingerprint density at radius 1 is 1.10 bits per heavy atom. The highest BCUT2D eigenvalue weighted by Gasteiger charge is 2.38. The molecule has 4 rings (SSSR count). The van der Waals surface area contributed by atoms with Gasteiger partial charge in [0.05, 0.1) is 5.69 Å². The summed E-state index contributed by atoms with van der Waals surface area (Å²) in [7, 11) is 4.07. The third-order valence-corrected chi connectivity index (χ3v) is 9.32. The number of carboxylic acids is 1. The van der Waals surface area contributed by atoms with Gasteiger partial charge in [0.25, 0.3) is 0 Å². The molecule has 2 saturated carbocycles. The van der Waals surface area contributed by atoms with E-state index in [4.69, 9.17) is 4.74 Å². The molecule has 0 unspecified atom stereocenters. The molecule has 2 aliphatic carbocycles. The molecule has 1 N–H and O–H groups in total. The van der Waals surface area contributed by atoms with Gasteiger partial charge >= 0.3 is 5.97 Å². The van der Waals surface area contributed by atoms with Crippen LogP contribution in [0.25, 0.3) is 0 Å². The van der Waals surface area contributed by atoms with Crippen LogP contribution in [-0.4, -0.2) is 53.1 Å². The van der Waals surface area contributed by atoms with Crippen LogP contribution in [0.5, 0.6) is 5.88 Å². The van der Waals surface area contributed by atoms with Gasteiger partial charge in [-0.1, -0.05) is 32.9 Å². The van der Waals surface area contributed by atoms with Gasteiger partial charge in [0.2, 0.25) is 11.8 Å². The summed E-state index contributed by atoms with van der Waals surface area (Å²) in [6.45, 7) is 11.2. The maximum Gasteiger partial charge on any atom is 0.348 e. The number of carbonyl (C=O) groups is 2. The van der Waals surface area contributed by atoms with Crippen LogP contribution >= 0.6 is 11.3 Å². The number of anilines is 1. The van der Waals surface area contributed by atoms with Crippen LogP contribution < -0.4 is 9.64 Å². The van der Waals surface area contributed by atoms with E-state index in [0.29, 0.717) is 11.6 Å². The summed E-state index contributed by atoms with van der Waals surface area (Å²) in [4.78, 5) is 36.1. The Morgan fingerprint density at radius 3 is 2.36 bits per heavy atom. The number of thiophene rings is 1. The van der Waals surface area contributed by atoms with Crippen molar-refractivity contribution in [1.82, 2.24) is 9.88 Å². The SMILES string of the molecule is C=C1CCC(C(=O)N(c2cc(C(C)(C)C)sc2C(=O)O)[C@H]2CC[C@H](Oc3cc(CN(C)C)ccn3)CC2)CC1. The number of amides is 1. The number of pyridine rings is 1. The Morgan fingerprint density at radius 2 is 1.77 bits per heavy atom. The molecule has 1 amide bonds. The van der Waals surface area contributed by atoms with Crippen LogP contribution in [0.1, 0.15) is 92.3 Å². The lowest BCUT2D eigenvalue weighted by Gasteiger charge is -2.39. The molecule has 0 saturated heterocycles. The normalized spacial score (nSPS) is 20.7. The Kier molecular flexibility index (Phi) is 9.17. The molecule has 39 heavy (non-hydrogen) atoms. The molecule has 7 nitrogen and oxygen atoms in total. The third-order valence-electron chi connectivity index (χ3n) is 7.78. The second-order valence-corrected chi connectivity index (χ2v) is 13.5. The second kappa shape index (κ2) is 12.2. The quantitative estimate of drug-likeness (QED) is 0.368. The van der Waals surface area contributed by atoms with E-state index in [9.17, 15) is 14.7 Å². The number of carboxylic acid groups (broad SMARTS) is 1. The Bertz CT molecular complexity index is 1180. The van der Waals surface area contributed by atoms with Gasteiger partial charge in [0.1, 0.15) is 11.0 Å². The molecule has 0 spiro atoms. The summed E-state index contributed by atoms with van der Waals surface area (Å²) in [6.07, 6.45) is 8.16. The predicted molar refractivity (Wildman–Crippen MR) is 157 cm³/mol. The van der Waals surface area contributed by atoms with E-state index >= 15 is 0 Å². The summed E-state index contributed by atoms with van der Waals surface area (Å²) >= 11 is 1.30. The summed E-state index contributed by atoms with van der Waals surface area (Å²) in [6, 6.07) is 5.89. The fourth-order valence-corrected chi connectivity index (χ4v) is 6.66. The highest BCUT2D eigenvalue weighted by atomic mass is 32.1. The van der Waals surface area contributed by atoms with Gasteiger partial charge < -0.3 is 19.6 Å². The van der Waals surface area contributed by atoms with Gasteiger partial charge in [-0.2, -0.15) is 0 Å². The minimum Gasteiger partial charge on any atom is -0.477 e. The number of ether oxygens (including phenoxy) is 1. The number of hydrogen-bond acceptors (Lipinski definition) is 6. The molecule has 2 fully saturated rings. The van der Waals surface area contributed by atoms with Gasteiger partial charge in [-0.25, -0.2) is 9.78 Å². The van der Waals surface area contributed by atoms with Gasteiger partial charge in [-0.15, -0.1) is 11.3 Å². The molecule has 2 aromatic heterocycles. The standard InChI is InChI=1S/C31H43N3O4S/c1-20-7-9-22(10-8-20)29(35)34(25-18-26(31(2,3)4)39-28(25)30(36)37)23-11-13-24(14-12-23)38-27-17-21(15-16-32-27)19-33(5)6/h15-18,22-24H,1,7-14,19H2,2-6H3,(H,36,37)/t23-,24-. The predicted octanol–water partition coefficient (Wildman–Crippen LogP) is 6.67. The zero-order valence-corrected chi connectivity index (χ0v) is 24.9. The number of allylic oxidation sites excluding steroid dienone is 1. The first-order chi connectivity index (χ1) is 18.4. The highest BCUT2D eigenvalue weighted by molar-refractivity contribution is 7.14. The average Bonchev–Trinajstić information content (AvgIpc) is 3.32. The molecular weight excluding hydrogens is 510 g/mol. The topological polar surface area (TPSA) is 83.0 Å². The second-order valence-electron chi connectivity index (χ2n) is 12.4. The molecule has 0 radical (unpaired) electrons. The van der Waals surface area contributed by atoms with Crippen LogP contribution in [0, 0.1) is 5.92 Å². The van der Waals surface area contributed by atoms with Gasteiger partial charge in [-0.05, 0) is 88.6 Å². The lowest BCUT2D eigenvalue weighted by molar-refractivity contribution is -0.123. The van der Waals surface area contributed by atoms with Crippen molar-refractivity contribution in [2.45, 2.75) is 96.2 Å². The molecule has 8 heteroatoms. The fourth-order valence-electron chi connectivity index (χ4n) is 5.62. The summed E-state index contributed by atoms with van der Waals surface area (Å²) < 4.78 is 6.28. The number of aromatic carboxylic acids is 1. The lowest BCUT2D eigenvalue weighted by atomic mass is 9.84. The van der Waals surface area contributed by atoms with Crippen LogP contribution in [0.4, 0.5) is 5.69 Å². The monoisotopic (exact) mass is 553 g/mol. The average molecular weight is 554 g/mol. The van der Waals surface area contributed by atoms with Crippen LogP contribution in [-0.2, 0) is 16.8 Å². The summed E-state index contributed by atoms with van der Waals surface area (Å²) in [5.41, 5.74) is 2.71. The van der Waals surface area contributed by atoms with E-state index in [0.717, 1.165) is 68.4 Å². The number of hydrogen-bond donors (Lipinski definition) is 1. The van der Waals surface area contributed by atoms with Crippen molar-refractivity contribution in [3.63, 3.8) is 0 Å². The van der Waals surface area contributed by atoms with Gasteiger partial charge in [0.15, 0.2) is 0 Å².